The molecular formula is C12H11F2N3S. The second kappa shape index (κ2) is 5.77. The maximum absolute atomic E-state index is 13.4. The van der Waals surface area contributed by atoms with Crippen LogP contribution in [0.1, 0.15) is 5.69 Å². The Balaban J connectivity index is 2.02. The van der Waals surface area contributed by atoms with Crippen molar-refractivity contribution >= 4 is 17.6 Å². The van der Waals surface area contributed by atoms with E-state index in [2.05, 4.69) is 15.3 Å². The molecule has 0 atom stereocenters. The summed E-state index contributed by atoms with van der Waals surface area (Å²) < 4.78 is 26.1. The van der Waals surface area contributed by atoms with Crippen LogP contribution < -0.4 is 5.32 Å². The van der Waals surface area contributed by atoms with E-state index in [1.807, 2.05) is 0 Å². The summed E-state index contributed by atoms with van der Waals surface area (Å²) in [6, 6.07) is 3.53. The molecule has 0 aliphatic heterocycles. The van der Waals surface area contributed by atoms with Crippen molar-refractivity contribution in [3.05, 3.63) is 47.9 Å². The maximum Gasteiger partial charge on any atom is 0.144 e. The summed E-state index contributed by atoms with van der Waals surface area (Å²) in [6.45, 7) is 0. The predicted octanol–water partition coefficient (Wildman–Crippen LogP) is 3.09. The molecule has 1 heterocycles. The molecule has 1 N–H and O–H groups in total. The number of rotatable bonds is 4. The normalized spacial score (nSPS) is 10.4. The zero-order valence-electron chi connectivity index (χ0n) is 9.65. The van der Waals surface area contributed by atoms with Crippen molar-refractivity contribution in [2.24, 2.45) is 0 Å². The molecule has 0 aliphatic rings. The predicted molar refractivity (Wildman–Crippen MR) is 67.5 cm³/mol. The highest BCUT2D eigenvalue weighted by Crippen LogP contribution is 2.25. The fourth-order valence-corrected chi connectivity index (χ4v) is 2.12. The summed E-state index contributed by atoms with van der Waals surface area (Å²) in [4.78, 5) is 8.67. The SMILES string of the molecule is CNc1cnc(CSc2ccc(F)cc2F)cn1. The first-order chi connectivity index (χ1) is 8.69. The summed E-state index contributed by atoms with van der Waals surface area (Å²) in [7, 11) is 1.76. The minimum Gasteiger partial charge on any atom is -0.372 e. The van der Waals surface area contributed by atoms with Crippen LogP contribution in [0.2, 0.25) is 0 Å². The van der Waals surface area contributed by atoms with Crippen LogP contribution in [-0.2, 0) is 5.75 Å². The molecule has 0 bridgehead atoms. The molecule has 94 valence electrons. The van der Waals surface area contributed by atoms with E-state index in [-0.39, 0.29) is 0 Å². The van der Waals surface area contributed by atoms with Crippen LogP contribution in [0.3, 0.4) is 0 Å². The Morgan fingerprint density at radius 3 is 2.67 bits per heavy atom. The molecule has 0 fully saturated rings. The lowest BCUT2D eigenvalue weighted by Crippen LogP contribution is -1.95. The quantitative estimate of drug-likeness (QED) is 0.864. The van der Waals surface area contributed by atoms with Gasteiger partial charge in [0.05, 0.1) is 18.1 Å². The Kier molecular flexibility index (Phi) is 4.09. The van der Waals surface area contributed by atoms with Gasteiger partial charge >= 0.3 is 0 Å². The molecule has 0 radical (unpaired) electrons. The fourth-order valence-electron chi connectivity index (χ4n) is 1.30. The number of halogens is 2. The van der Waals surface area contributed by atoms with Crippen molar-refractivity contribution in [2.75, 3.05) is 12.4 Å². The Morgan fingerprint density at radius 2 is 2.06 bits per heavy atom. The Hall–Kier alpha value is -1.69. The van der Waals surface area contributed by atoms with E-state index in [9.17, 15) is 8.78 Å². The van der Waals surface area contributed by atoms with Gasteiger partial charge in [0, 0.05) is 23.8 Å². The first-order valence-electron chi connectivity index (χ1n) is 5.25. The van der Waals surface area contributed by atoms with E-state index in [0.29, 0.717) is 16.5 Å². The van der Waals surface area contributed by atoms with E-state index >= 15 is 0 Å². The van der Waals surface area contributed by atoms with Gasteiger partial charge in [-0.3, -0.25) is 4.98 Å². The number of nitrogens with zero attached hydrogens (tertiary/aromatic N) is 2. The Labute approximate surface area is 108 Å². The third-order valence-electron chi connectivity index (χ3n) is 2.23. The molecule has 3 nitrogen and oxygen atoms in total. The summed E-state index contributed by atoms with van der Waals surface area (Å²) in [5.41, 5.74) is 0.739. The molecule has 0 saturated heterocycles. The van der Waals surface area contributed by atoms with Crippen molar-refractivity contribution in [1.82, 2.24) is 9.97 Å². The molecule has 0 unspecified atom stereocenters. The Bertz CT molecular complexity index is 531. The highest BCUT2D eigenvalue weighted by atomic mass is 32.2. The highest BCUT2D eigenvalue weighted by molar-refractivity contribution is 7.98. The number of nitrogens with one attached hydrogen (secondary N) is 1. The third kappa shape index (κ3) is 3.16. The van der Waals surface area contributed by atoms with E-state index in [4.69, 9.17) is 0 Å². The number of benzene rings is 1. The van der Waals surface area contributed by atoms with Crippen LogP contribution in [0, 0.1) is 11.6 Å². The minimum atomic E-state index is -0.574. The minimum absolute atomic E-state index is 0.399. The highest BCUT2D eigenvalue weighted by Gasteiger charge is 2.05. The van der Waals surface area contributed by atoms with Gasteiger partial charge in [-0.25, -0.2) is 13.8 Å². The molecule has 0 aliphatic carbocycles. The zero-order chi connectivity index (χ0) is 13.0. The van der Waals surface area contributed by atoms with Gasteiger partial charge in [0.15, 0.2) is 0 Å². The summed E-state index contributed by atoms with van der Waals surface area (Å²) in [5.74, 6) is 0.0334. The average Bonchev–Trinajstić information content (AvgIpc) is 2.38. The molecule has 0 saturated carbocycles. The number of hydrogen-bond donors (Lipinski definition) is 1. The van der Waals surface area contributed by atoms with Crippen molar-refractivity contribution in [2.45, 2.75) is 10.6 Å². The Morgan fingerprint density at radius 1 is 1.22 bits per heavy atom. The second-order valence-electron chi connectivity index (χ2n) is 3.51. The van der Waals surface area contributed by atoms with Crippen molar-refractivity contribution < 1.29 is 8.78 Å². The molecule has 1 aromatic carbocycles. The molecule has 6 heteroatoms. The maximum atomic E-state index is 13.4. The summed E-state index contributed by atoms with van der Waals surface area (Å²) in [6.07, 6.45) is 3.23. The standard InChI is InChI=1S/C12H11F2N3S/c1-15-12-6-16-9(5-17-12)7-18-11-3-2-8(13)4-10(11)14/h2-6H,7H2,1H3,(H,15,17). The van der Waals surface area contributed by atoms with Gasteiger partial charge in [-0.05, 0) is 12.1 Å². The van der Waals surface area contributed by atoms with E-state index in [1.54, 1.807) is 19.4 Å². The van der Waals surface area contributed by atoms with E-state index in [0.717, 1.165) is 11.8 Å². The third-order valence-corrected chi connectivity index (χ3v) is 3.31. The van der Waals surface area contributed by atoms with Crippen LogP contribution >= 0.6 is 11.8 Å². The number of anilines is 1. The van der Waals surface area contributed by atoms with Gasteiger partial charge in [-0.2, -0.15) is 0 Å². The number of thioether (sulfide) groups is 1. The lowest BCUT2D eigenvalue weighted by atomic mass is 10.3. The topological polar surface area (TPSA) is 37.8 Å². The molecule has 0 amide bonds. The fraction of sp³-hybridized carbons (Fsp3) is 0.167. The van der Waals surface area contributed by atoms with Gasteiger partial charge in [0.1, 0.15) is 17.5 Å². The second-order valence-corrected chi connectivity index (χ2v) is 4.52. The summed E-state index contributed by atoms with van der Waals surface area (Å²) >= 11 is 1.26. The number of hydrogen-bond acceptors (Lipinski definition) is 4. The van der Waals surface area contributed by atoms with Gasteiger partial charge in [-0.1, -0.05) is 0 Å². The first-order valence-corrected chi connectivity index (χ1v) is 6.24. The molecule has 0 spiro atoms. The van der Waals surface area contributed by atoms with Crippen molar-refractivity contribution in [3.63, 3.8) is 0 Å². The van der Waals surface area contributed by atoms with Gasteiger partial charge in [0.2, 0.25) is 0 Å². The zero-order valence-corrected chi connectivity index (χ0v) is 10.5. The lowest BCUT2D eigenvalue weighted by molar-refractivity contribution is 0.565. The van der Waals surface area contributed by atoms with Crippen LogP contribution in [0.4, 0.5) is 14.6 Å². The van der Waals surface area contributed by atoms with Crippen LogP contribution in [0.15, 0.2) is 35.5 Å². The average molecular weight is 267 g/mol. The van der Waals surface area contributed by atoms with E-state index < -0.39 is 11.6 Å². The monoisotopic (exact) mass is 267 g/mol. The molecule has 18 heavy (non-hydrogen) atoms. The van der Waals surface area contributed by atoms with Crippen molar-refractivity contribution in [1.29, 1.82) is 0 Å². The van der Waals surface area contributed by atoms with Crippen molar-refractivity contribution in [3.8, 4) is 0 Å². The number of aromatic nitrogens is 2. The molecular weight excluding hydrogens is 256 g/mol. The molecule has 2 rings (SSSR count). The smallest absolute Gasteiger partial charge is 0.144 e. The van der Waals surface area contributed by atoms with Crippen LogP contribution in [-0.4, -0.2) is 17.0 Å². The van der Waals surface area contributed by atoms with Gasteiger partial charge < -0.3 is 5.32 Å². The first kappa shape index (κ1) is 12.8. The summed E-state index contributed by atoms with van der Waals surface area (Å²) in [5, 5.41) is 2.86. The van der Waals surface area contributed by atoms with E-state index in [1.165, 1.54) is 23.9 Å². The lowest BCUT2D eigenvalue weighted by Gasteiger charge is -2.03. The molecule has 1 aromatic heterocycles. The van der Waals surface area contributed by atoms with Gasteiger partial charge in [-0.15, -0.1) is 11.8 Å². The molecule has 2 aromatic rings. The van der Waals surface area contributed by atoms with Crippen LogP contribution in [0.5, 0.6) is 0 Å². The largest absolute Gasteiger partial charge is 0.372 e. The van der Waals surface area contributed by atoms with Gasteiger partial charge in [0.25, 0.3) is 0 Å². The van der Waals surface area contributed by atoms with Crippen LogP contribution in [0.25, 0.3) is 0 Å².